The number of nitrogens with zero attached hydrogens (tertiary/aromatic N) is 5. The highest BCUT2D eigenvalue weighted by Gasteiger charge is 2.30. The summed E-state index contributed by atoms with van der Waals surface area (Å²) in [5, 5.41) is 2.11. The number of rotatable bonds is 4. The van der Waals surface area contributed by atoms with E-state index in [1.807, 2.05) is 83.4 Å². The highest BCUT2D eigenvalue weighted by molar-refractivity contribution is 6.07. The van der Waals surface area contributed by atoms with Crippen molar-refractivity contribution >= 4 is 21.9 Å². The van der Waals surface area contributed by atoms with E-state index in [9.17, 15) is 13.2 Å². The van der Waals surface area contributed by atoms with Gasteiger partial charge in [-0.25, -0.2) is 15.0 Å². The molecule has 41 heavy (non-hydrogen) atoms. The minimum absolute atomic E-state index is 0.516. The van der Waals surface area contributed by atoms with Gasteiger partial charge in [-0.1, -0.05) is 42.5 Å². The number of alkyl halides is 3. The molecule has 0 N–H and O–H groups in total. The number of para-hydroxylation sites is 1. The van der Waals surface area contributed by atoms with Crippen LogP contribution in [0.3, 0.4) is 0 Å². The zero-order valence-corrected chi connectivity index (χ0v) is 21.4. The van der Waals surface area contributed by atoms with Crippen LogP contribution in [0.25, 0.3) is 61.7 Å². The Morgan fingerprint density at radius 2 is 1.27 bits per heavy atom. The van der Waals surface area contributed by atoms with E-state index < -0.39 is 11.7 Å². The van der Waals surface area contributed by atoms with Crippen LogP contribution in [-0.4, -0.2) is 24.5 Å². The van der Waals surface area contributed by atoms with Crippen LogP contribution in [0.5, 0.6) is 0 Å². The fourth-order valence-corrected chi connectivity index (χ4v) is 5.04. The van der Waals surface area contributed by atoms with E-state index in [1.54, 1.807) is 12.4 Å². The summed E-state index contributed by atoms with van der Waals surface area (Å²) in [6, 6.07) is 32.1. The average Bonchev–Trinajstić information content (AvgIpc) is 3.35. The number of halogens is 3. The van der Waals surface area contributed by atoms with Gasteiger partial charge < -0.3 is 0 Å². The second-order valence-electron chi connectivity index (χ2n) is 9.52. The second kappa shape index (κ2) is 9.67. The van der Waals surface area contributed by atoms with Gasteiger partial charge in [-0.2, -0.15) is 13.2 Å². The predicted molar refractivity (Wildman–Crippen MR) is 153 cm³/mol. The predicted octanol–water partition coefficient (Wildman–Crippen LogP) is 8.38. The Morgan fingerprint density at radius 3 is 2.07 bits per heavy atom. The van der Waals surface area contributed by atoms with E-state index in [-0.39, 0.29) is 0 Å². The third-order valence-electron chi connectivity index (χ3n) is 6.95. The molecule has 0 saturated carbocycles. The van der Waals surface area contributed by atoms with Crippen molar-refractivity contribution in [1.29, 1.82) is 0 Å². The number of hydrogen-bond acceptors (Lipinski definition) is 4. The van der Waals surface area contributed by atoms with Gasteiger partial charge in [0.1, 0.15) is 11.5 Å². The zero-order valence-electron chi connectivity index (χ0n) is 21.4. The van der Waals surface area contributed by atoms with Gasteiger partial charge in [0.15, 0.2) is 0 Å². The number of pyridine rings is 4. The van der Waals surface area contributed by atoms with Crippen LogP contribution in [0.2, 0.25) is 0 Å². The highest BCUT2D eigenvalue weighted by atomic mass is 19.4. The van der Waals surface area contributed by atoms with E-state index in [4.69, 9.17) is 9.97 Å². The molecule has 7 aromatic rings. The molecule has 0 saturated heterocycles. The van der Waals surface area contributed by atoms with Crippen LogP contribution in [0.1, 0.15) is 5.56 Å². The van der Waals surface area contributed by atoms with Gasteiger partial charge in [0.2, 0.25) is 0 Å². The van der Waals surface area contributed by atoms with E-state index >= 15 is 0 Å². The maximum absolute atomic E-state index is 13.2. The Morgan fingerprint density at radius 1 is 0.537 bits per heavy atom. The van der Waals surface area contributed by atoms with Crippen LogP contribution in [0.15, 0.2) is 122 Å². The molecule has 0 aliphatic carbocycles. The van der Waals surface area contributed by atoms with Crippen molar-refractivity contribution in [2.75, 3.05) is 0 Å². The van der Waals surface area contributed by atoms with Gasteiger partial charge >= 0.3 is 6.18 Å². The molecule has 0 unspecified atom stereocenters. The lowest BCUT2D eigenvalue weighted by atomic mass is 10.0. The van der Waals surface area contributed by atoms with Gasteiger partial charge in [0, 0.05) is 34.3 Å². The summed E-state index contributed by atoms with van der Waals surface area (Å²) < 4.78 is 41.6. The molecule has 0 aliphatic heterocycles. The molecule has 0 bridgehead atoms. The third kappa shape index (κ3) is 4.49. The summed E-state index contributed by atoms with van der Waals surface area (Å²) in [7, 11) is 0. The Labute approximate surface area is 232 Å². The minimum Gasteiger partial charge on any atom is -0.278 e. The topological polar surface area (TPSA) is 56.5 Å². The van der Waals surface area contributed by atoms with Crippen molar-refractivity contribution in [3.05, 3.63) is 127 Å². The fraction of sp³-hybridized carbons (Fsp3) is 0.0303. The molecule has 2 aromatic carbocycles. The maximum atomic E-state index is 13.2. The lowest BCUT2D eigenvalue weighted by Crippen LogP contribution is -2.04. The standard InChI is InChI=1S/C33H20F3N5/c34-33(35,36)23-15-13-21(14-16-23)28-19-22(20-29(39-28)27-9-3-4-17-37-27)26-10-5-12-31(40-26)41-30-11-2-1-7-24(30)25-8-6-18-38-32(25)41/h1-20H. The maximum Gasteiger partial charge on any atom is 0.416 e. The van der Waals surface area contributed by atoms with Crippen molar-refractivity contribution in [3.63, 3.8) is 0 Å². The van der Waals surface area contributed by atoms with Gasteiger partial charge in [0.25, 0.3) is 0 Å². The van der Waals surface area contributed by atoms with Crippen LogP contribution in [-0.2, 0) is 6.18 Å². The molecule has 8 heteroatoms. The first kappa shape index (κ1) is 24.7. The van der Waals surface area contributed by atoms with Crippen molar-refractivity contribution in [2.45, 2.75) is 6.18 Å². The molecule has 0 atom stereocenters. The lowest BCUT2D eigenvalue weighted by molar-refractivity contribution is -0.137. The molecule has 0 spiro atoms. The lowest BCUT2D eigenvalue weighted by Gasteiger charge is -2.12. The molecule has 7 rings (SSSR count). The smallest absolute Gasteiger partial charge is 0.278 e. The Hall–Kier alpha value is -5.37. The highest BCUT2D eigenvalue weighted by Crippen LogP contribution is 2.34. The SMILES string of the molecule is FC(F)(F)c1ccc(-c2cc(-c3cccc(-n4c5ccccc5c5cccnc54)n3)cc(-c3ccccn3)n2)cc1. The van der Waals surface area contributed by atoms with Crippen molar-refractivity contribution < 1.29 is 13.2 Å². The molecule has 0 fully saturated rings. The van der Waals surface area contributed by atoms with Crippen molar-refractivity contribution in [1.82, 2.24) is 24.5 Å². The van der Waals surface area contributed by atoms with Gasteiger partial charge in [-0.15, -0.1) is 0 Å². The summed E-state index contributed by atoms with van der Waals surface area (Å²) in [6.45, 7) is 0. The monoisotopic (exact) mass is 543 g/mol. The Kier molecular flexibility index (Phi) is 5.82. The van der Waals surface area contributed by atoms with Gasteiger partial charge in [-0.05, 0) is 66.7 Å². The summed E-state index contributed by atoms with van der Waals surface area (Å²) in [5.74, 6) is 0.694. The second-order valence-corrected chi connectivity index (χ2v) is 9.52. The first-order valence-corrected chi connectivity index (χ1v) is 12.9. The van der Waals surface area contributed by atoms with Crippen LogP contribution in [0.4, 0.5) is 13.2 Å². The summed E-state index contributed by atoms with van der Waals surface area (Å²) in [5.41, 5.74) is 4.81. The molecule has 0 amide bonds. The molecule has 5 aromatic heterocycles. The average molecular weight is 544 g/mol. The molecular formula is C33H20F3N5. The number of fused-ring (bicyclic) bond motifs is 3. The third-order valence-corrected chi connectivity index (χ3v) is 6.95. The first-order valence-electron chi connectivity index (χ1n) is 12.9. The van der Waals surface area contributed by atoms with Crippen LogP contribution in [0, 0.1) is 0 Å². The van der Waals surface area contributed by atoms with Gasteiger partial charge in [-0.3, -0.25) is 9.55 Å². The van der Waals surface area contributed by atoms with E-state index in [2.05, 4.69) is 16.0 Å². The van der Waals surface area contributed by atoms with Crippen LogP contribution < -0.4 is 0 Å². The molecule has 5 heterocycles. The summed E-state index contributed by atoms with van der Waals surface area (Å²) in [6.07, 6.45) is -0.978. The normalized spacial score (nSPS) is 11.8. The number of aromatic nitrogens is 5. The molecule has 0 radical (unpaired) electrons. The summed E-state index contributed by atoms with van der Waals surface area (Å²) in [4.78, 5) is 18.9. The summed E-state index contributed by atoms with van der Waals surface area (Å²) >= 11 is 0. The van der Waals surface area contributed by atoms with E-state index in [0.29, 0.717) is 34.2 Å². The van der Waals surface area contributed by atoms with E-state index in [0.717, 1.165) is 39.6 Å². The zero-order chi connectivity index (χ0) is 28.0. The molecule has 0 aliphatic rings. The number of benzene rings is 2. The largest absolute Gasteiger partial charge is 0.416 e. The molecule has 5 nitrogen and oxygen atoms in total. The van der Waals surface area contributed by atoms with Crippen molar-refractivity contribution in [2.24, 2.45) is 0 Å². The Bertz CT molecular complexity index is 1980. The Balaban J connectivity index is 1.40. The minimum atomic E-state index is -4.42. The molecule has 198 valence electrons. The van der Waals surface area contributed by atoms with Crippen molar-refractivity contribution in [3.8, 4) is 39.7 Å². The van der Waals surface area contributed by atoms with Gasteiger partial charge in [0.05, 0.1) is 33.9 Å². The molecular weight excluding hydrogens is 523 g/mol. The fourth-order valence-electron chi connectivity index (χ4n) is 5.04. The number of hydrogen-bond donors (Lipinski definition) is 0. The van der Waals surface area contributed by atoms with Crippen LogP contribution >= 0.6 is 0 Å². The first-order chi connectivity index (χ1) is 20.0. The quantitative estimate of drug-likeness (QED) is 0.224. The van der Waals surface area contributed by atoms with E-state index in [1.165, 1.54) is 12.1 Å².